The molecule has 1 atom stereocenters. The zero-order chi connectivity index (χ0) is 57.1. The molecule has 0 spiro atoms. The van der Waals surface area contributed by atoms with Gasteiger partial charge in [0.05, 0.1) is 0 Å². The molecular weight excluding hydrogens is 973 g/mol. The van der Waals surface area contributed by atoms with E-state index in [1.165, 1.54) is 51.4 Å². The first-order chi connectivity index (χ1) is 39.0. The SMILES string of the molecule is CC/C=C\C/C=C\C/C=C\C/C=C\C/C=C\C/C=C\CCCCCCC(=O)OCC(COC(=O)CCCCCC/C=C\C/C=C\C/C=C\C/C=C\CC)OC(=O)CCCCCCCC/C=C\C/C=C\C/C=C\CCCCCCC. The standard InChI is InChI=1S/C73H116O6/c1-4-7-10-13-16-19-22-25-28-31-33-35-36-38-39-42-45-48-51-54-57-60-63-66-72(75)78-69-70(68-77-71(74)65-62-59-56-53-50-47-44-41-30-27-24-21-18-15-12-9-6-3)79-73(76)67-64-61-58-55-52-49-46-43-40-37-34-32-29-26-23-20-17-14-11-8-5-2/h7,9-10,12,16,18-19,21,23,25-28,30,32-35,38-40,43-45,47-48,70H,4-6,8,11,13-15,17,20,22,24,29,31,36-37,41-42,46,49-69H2,1-3H3/b10-7-,12-9-,19-16-,21-18-,26-23-,28-25-,30-27-,34-32-,35-33-,39-38-,43-40-,47-44-,48-45-. The van der Waals surface area contributed by atoms with Crippen LogP contribution in [-0.2, 0) is 28.6 Å². The monoisotopic (exact) mass is 1090 g/mol. The van der Waals surface area contributed by atoms with E-state index in [0.717, 1.165) is 173 Å². The lowest BCUT2D eigenvalue weighted by molar-refractivity contribution is -0.167. The first-order valence-corrected chi connectivity index (χ1v) is 32.0. The fourth-order valence-corrected chi connectivity index (χ4v) is 8.27. The van der Waals surface area contributed by atoms with Crippen LogP contribution in [-0.4, -0.2) is 37.2 Å². The Morgan fingerprint density at radius 2 is 0.494 bits per heavy atom. The van der Waals surface area contributed by atoms with Gasteiger partial charge in [-0.3, -0.25) is 14.4 Å². The van der Waals surface area contributed by atoms with E-state index in [1.807, 2.05) is 0 Å². The van der Waals surface area contributed by atoms with E-state index in [4.69, 9.17) is 14.2 Å². The molecule has 0 N–H and O–H groups in total. The minimum atomic E-state index is -0.817. The van der Waals surface area contributed by atoms with Crippen LogP contribution in [0.5, 0.6) is 0 Å². The molecule has 0 saturated heterocycles. The van der Waals surface area contributed by atoms with Gasteiger partial charge in [-0.05, 0) is 148 Å². The summed E-state index contributed by atoms with van der Waals surface area (Å²) in [5, 5.41) is 0. The molecule has 0 bridgehead atoms. The van der Waals surface area contributed by atoms with Gasteiger partial charge in [-0.25, -0.2) is 0 Å². The first-order valence-electron chi connectivity index (χ1n) is 32.0. The highest BCUT2D eigenvalue weighted by Gasteiger charge is 2.19. The minimum absolute atomic E-state index is 0.111. The number of allylic oxidation sites excluding steroid dienone is 26. The Kier molecular flexibility index (Phi) is 61.4. The predicted molar refractivity (Wildman–Crippen MR) is 343 cm³/mol. The Bertz CT molecular complexity index is 1780. The zero-order valence-corrected chi connectivity index (χ0v) is 50.8. The summed E-state index contributed by atoms with van der Waals surface area (Å²) in [5.41, 5.74) is 0. The highest BCUT2D eigenvalue weighted by molar-refractivity contribution is 5.71. The van der Waals surface area contributed by atoms with E-state index >= 15 is 0 Å². The lowest BCUT2D eigenvalue weighted by atomic mass is 10.1. The van der Waals surface area contributed by atoms with Crippen LogP contribution in [0.15, 0.2) is 158 Å². The normalized spacial score (nSPS) is 13.2. The molecule has 444 valence electrons. The maximum absolute atomic E-state index is 12.9. The molecule has 6 nitrogen and oxygen atoms in total. The predicted octanol–water partition coefficient (Wildman–Crippen LogP) is 22.1. The van der Waals surface area contributed by atoms with Crippen molar-refractivity contribution in [2.75, 3.05) is 13.2 Å². The van der Waals surface area contributed by atoms with Gasteiger partial charge in [0.25, 0.3) is 0 Å². The fourth-order valence-electron chi connectivity index (χ4n) is 8.27. The van der Waals surface area contributed by atoms with E-state index in [1.54, 1.807) is 0 Å². The molecule has 0 radical (unpaired) electrons. The molecule has 0 aromatic rings. The molecule has 1 unspecified atom stereocenters. The topological polar surface area (TPSA) is 78.9 Å². The molecule has 0 aliphatic rings. The van der Waals surface area contributed by atoms with Crippen molar-refractivity contribution >= 4 is 17.9 Å². The van der Waals surface area contributed by atoms with Crippen LogP contribution in [0.4, 0.5) is 0 Å². The number of ether oxygens (including phenoxy) is 3. The molecule has 0 amide bonds. The summed E-state index contributed by atoms with van der Waals surface area (Å²) in [4.78, 5) is 38.4. The van der Waals surface area contributed by atoms with Gasteiger partial charge in [0.2, 0.25) is 0 Å². The van der Waals surface area contributed by atoms with Crippen molar-refractivity contribution in [1.29, 1.82) is 0 Å². The number of rotatable bonds is 56. The third-order valence-electron chi connectivity index (χ3n) is 13.0. The summed E-state index contributed by atoms with van der Waals surface area (Å²) < 4.78 is 16.9. The fraction of sp³-hybridized carbons (Fsp3) is 0.603. The van der Waals surface area contributed by atoms with Gasteiger partial charge in [-0.15, -0.1) is 0 Å². The van der Waals surface area contributed by atoms with Crippen LogP contribution >= 0.6 is 0 Å². The smallest absolute Gasteiger partial charge is 0.306 e. The summed E-state index contributed by atoms with van der Waals surface area (Å²) in [6, 6.07) is 0. The van der Waals surface area contributed by atoms with Gasteiger partial charge in [-0.1, -0.05) is 256 Å². The van der Waals surface area contributed by atoms with Crippen LogP contribution in [0.1, 0.15) is 265 Å². The molecule has 6 heteroatoms. The average Bonchev–Trinajstić information content (AvgIpc) is 3.45. The van der Waals surface area contributed by atoms with Crippen molar-refractivity contribution in [3.8, 4) is 0 Å². The van der Waals surface area contributed by atoms with Crippen molar-refractivity contribution in [3.05, 3.63) is 158 Å². The molecule has 0 aromatic heterocycles. The number of unbranched alkanes of at least 4 members (excludes halogenated alkanes) is 19. The van der Waals surface area contributed by atoms with E-state index in [-0.39, 0.29) is 31.1 Å². The average molecular weight is 1090 g/mol. The zero-order valence-electron chi connectivity index (χ0n) is 50.8. The summed E-state index contributed by atoms with van der Waals surface area (Å²) >= 11 is 0. The summed E-state index contributed by atoms with van der Waals surface area (Å²) in [6.07, 6.45) is 95.2. The highest BCUT2D eigenvalue weighted by atomic mass is 16.6. The van der Waals surface area contributed by atoms with Crippen molar-refractivity contribution in [1.82, 2.24) is 0 Å². The number of carbonyl (C=O) groups is 3. The second kappa shape index (κ2) is 65.5. The molecule has 0 fully saturated rings. The number of hydrogen-bond donors (Lipinski definition) is 0. The Labute approximate surface area is 486 Å². The molecule has 79 heavy (non-hydrogen) atoms. The molecular formula is C73H116O6. The molecule has 0 aliphatic carbocycles. The van der Waals surface area contributed by atoms with Crippen molar-refractivity contribution in [2.45, 2.75) is 271 Å². The Morgan fingerprint density at radius 1 is 0.266 bits per heavy atom. The van der Waals surface area contributed by atoms with Gasteiger partial charge < -0.3 is 14.2 Å². The second-order valence-corrected chi connectivity index (χ2v) is 20.5. The van der Waals surface area contributed by atoms with E-state index in [9.17, 15) is 14.4 Å². The number of hydrogen-bond acceptors (Lipinski definition) is 6. The van der Waals surface area contributed by atoms with Crippen molar-refractivity contribution in [2.24, 2.45) is 0 Å². The lowest BCUT2D eigenvalue weighted by Gasteiger charge is -2.18. The quantitative estimate of drug-likeness (QED) is 0.0261. The maximum Gasteiger partial charge on any atom is 0.306 e. The molecule has 0 saturated carbocycles. The van der Waals surface area contributed by atoms with Gasteiger partial charge in [-0.2, -0.15) is 0 Å². The number of esters is 3. The Balaban J connectivity index is 4.53. The van der Waals surface area contributed by atoms with E-state index < -0.39 is 6.10 Å². The lowest BCUT2D eigenvalue weighted by Crippen LogP contribution is -2.30. The van der Waals surface area contributed by atoms with Crippen molar-refractivity contribution < 1.29 is 28.6 Å². The highest BCUT2D eigenvalue weighted by Crippen LogP contribution is 2.14. The van der Waals surface area contributed by atoms with Gasteiger partial charge in [0.15, 0.2) is 6.10 Å². The molecule has 0 rings (SSSR count). The van der Waals surface area contributed by atoms with Crippen LogP contribution < -0.4 is 0 Å². The third-order valence-corrected chi connectivity index (χ3v) is 13.0. The van der Waals surface area contributed by atoms with Crippen LogP contribution in [0.3, 0.4) is 0 Å². The van der Waals surface area contributed by atoms with Gasteiger partial charge >= 0.3 is 17.9 Å². The second-order valence-electron chi connectivity index (χ2n) is 20.5. The Morgan fingerprint density at radius 3 is 0.772 bits per heavy atom. The molecule has 0 aliphatic heterocycles. The largest absolute Gasteiger partial charge is 0.462 e. The summed E-state index contributed by atoms with van der Waals surface area (Å²) in [5.74, 6) is -0.973. The van der Waals surface area contributed by atoms with Crippen molar-refractivity contribution in [3.63, 3.8) is 0 Å². The van der Waals surface area contributed by atoms with Gasteiger partial charge in [0.1, 0.15) is 13.2 Å². The maximum atomic E-state index is 12.9. The summed E-state index contributed by atoms with van der Waals surface area (Å²) in [7, 11) is 0. The van der Waals surface area contributed by atoms with Crippen LogP contribution in [0, 0.1) is 0 Å². The minimum Gasteiger partial charge on any atom is -0.462 e. The Hall–Kier alpha value is -4.97. The van der Waals surface area contributed by atoms with Gasteiger partial charge in [0, 0.05) is 19.3 Å². The first kappa shape index (κ1) is 74.0. The van der Waals surface area contributed by atoms with Crippen LogP contribution in [0.25, 0.3) is 0 Å². The third kappa shape index (κ3) is 63.7. The van der Waals surface area contributed by atoms with Crippen LogP contribution in [0.2, 0.25) is 0 Å². The number of carbonyl (C=O) groups excluding carboxylic acids is 3. The summed E-state index contributed by atoms with van der Waals surface area (Å²) in [6.45, 7) is 6.35. The van der Waals surface area contributed by atoms with E-state index in [2.05, 4.69) is 179 Å². The van der Waals surface area contributed by atoms with E-state index in [0.29, 0.717) is 19.3 Å². The molecule has 0 heterocycles. The molecule has 0 aromatic carbocycles.